The summed E-state index contributed by atoms with van der Waals surface area (Å²) in [5.74, 6) is -1.98. The summed E-state index contributed by atoms with van der Waals surface area (Å²) >= 11 is 0. The van der Waals surface area contributed by atoms with Gasteiger partial charge in [0.1, 0.15) is 6.54 Å². The van der Waals surface area contributed by atoms with Crippen LogP contribution in [0.4, 0.5) is 18.9 Å². The molecule has 2 rings (SSSR count). The van der Waals surface area contributed by atoms with Crippen molar-refractivity contribution < 1.29 is 28.0 Å². The summed E-state index contributed by atoms with van der Waals surface area (Å²) in [6.45, 7) is -1.45. The van der Waals surface area contributed by atoms with E-state index in [1.807, 2.05) is 0 Å². The van der Waals surface area contributed by atoms with Gasteiger partial charge in [-0.25, -0.2) is 0 Å². The monoisotopic (exact) mass is 304 g/mol. The molecule has 0 bridgehead atoms. The van der Waals surface area contributed by atoms with E-state index in [0.717, 1.165) is 18.2 Å². The lowest BCUT2D eigenvalue weighted by molar-refractivity contribution is -0.385. The van der Waals surface area contributed by atoms with E-state index < -0.39 is 46.6 Å². The highest BCUT2D eigenvalue weighted by Crippen LogP contribution is 2.35. The van der Waals surface area contributed by atoms with Gasteiger partial charge in [-0.3, -0.25) is 14.9 Å². The van der Waals surface area contributed by atoms with Crippen molar-refractivity contribution in [3.05, 3.63) is 33.9 Å². The summed E-state index contributed by atoms with van der Waals surface area (Å²) in [6, 6.07) is 2.63. The van der Waals surface area contributed by atoms with Gasteiger partial charge in [0.15, 0.2) is 0 Å². The van der Waals surface area contributed by atoms with Gasteiger partial charge >= 0.3 is 11.9 Å². The molecule has 1 aromatic carbocycles. The number of benzene rings is 1. The SMILES string of the molecule is O=C(c1cccc([N+](=O)[O-])c1O)N(CC(F)(F)F)C1CC1. The van der Waals surface area contributed by atoms with Gasteiger partial charge in [0, 0.05) is 12.1 Å². The number of aromatic hydroxyl groups is 1. The molecule has 114 valence electrons. The van der Waals surface area contributed by atoms with Crippen LogP contribution in [0.25, 0.3) is 0 Å². The van der Waals surface area contributed by atoms with Crippen LogP contribution >= 0.6 is 0 Å². The third-order valence-corrected chi connectivity index (χ3v) is 3.04. The average Bonchev–Trinajstić information content (AvgIpc) is 3.18. The average molecular weight is 304 g/mol. The first-order valence-electron chi connectivity index (χ1n) is 6.05. The zero-order chi connectivity index (χ0) is 15.8. The van der Waals surface area contributed by atoms with Crippen molar-refractivity contribution in [3.63, 3.8) is 0 Å². The fourth-order valence-electron chi connectivity index (χ4n) is 1.95. The van der Waals surface area contributed by atoms with E-state index in [1.165, 1.54) is 0 Å². The van der Waals surface area contributed by atoms with Gasteiger partial charge < -0.3 is 10.0 Å². The van der Waals surface area contributed by atoms with Gasteiger partial charge in [0.2, 0.25) is 5.75 Å². The third-order valence-electron chi connectivity index (χ3n) is 3.04. The standard InChI is InChI=1S/C12H11F3N2O4/c13-12(14,15)6-16(7-4-5-7)11(19)8-2-1-3-9(10(8)18)17(20)21/h1-3,7,18H,4-6H2. The molecule has 0 radical (unpaired) electrons. The van der Waals surface area contributed by atoms with Crippen molar-refractivity contribution in [1.29, 1.82) is 0 Å². The number of amides is 1. The van der Waals surface area contributed by atoms with Crippen LogP contribution in [0, 0.1) is 10.1 Å². The Bertz CT molecular complexity index is 584. The predicted molar refractivity (Wildman–Crippen MR) is 64.9 cm³/mol. The summed E-state index contributed by atoms with van der Waals surface area (Å²) in [6.07, 6.45) is -3.69. The Balaban J connectivity index is 2.33. The minimum atomic E-state index is -4.57. The number of halogens is 3. The van der Waals surface area contributed by atoms with E-state index in [1.54, 1.807) is 0 Å². The highest BCUT2D eigenvalue weighted by Gasteiger charge is 2.41. The van der Waals surface area contributed by atoms with Gasteiger partial charge in [-0.15, -0.1) is 0 Å². The lowest BCUT2D eigenvalue weighted by Crippen LogP contribution is -2.40. The van der Waals surface area contributed by atoms with E-state index in [0.29, 0.717) is 17.7 Å². The Morgan fingerprint density at radius 3 is 2.52 bits per heavy atom. The minimum absolute atomic E-state index is 0.442. The number of alkyl halides is 3. The van der Waals surface area contributed by atoms with Crippen molar-refractivity contribution in [2.24, 2.45) is 0 Å². The maximum atomic E-state index is 12.5. The minimum Gasteiger partial charge on any atom is -0.502 e. The maximum absolute atomic E-state index is 12.5. The number of rotatable bonds is 4. The quantitative estimate of drug-likeness (QED) is 0.684. The second-order valence-corrected chi connectivity index (χ2v) is 4.71. The molecule has 1 amide bonds. The van der Waals surface area contributed by atoms with Crippen LogP contribution in [-0.4, -0.2) is 39.6 Å². The molecular formula is C12H11F3N2O4. The molecule has 1 N–H and O–H groups in total. The van der Waals surface area contributed by atoms with Crippen LogP contribution in [0.2, 0.25) is 0 Å². The van der Waals surface area contributed by atoms with Gasteiger partial charge in [-0.2, -0.15) is 13.2 Å². The summed E-state index contributed by atoms with van der Waals surface area (Å²) in [5.41, 5.74) is -1.22. The lowest BCUT2D eigenvalue weighted by atomic mass is 10.1. The smallest absolute Gasteiger partial charge is 0.406 e. The summed E-state index contributed by atoms with van der Waals surface area (Å²) in [4.78, 5) is 22.5. The fourth-order valence-corrected chi connectivity index (χ4v) is 1.95. The highest BCUT2D eigenvalue weighted by molar-refractivity contribution is 5.98. The highest BCUT2D eigenvalue weighted by atomic mass is 19.4. The second-order valence-electron chi connectivity index (χ2n) is 4.71. The third kappa shape index (κ3) is 3.41. The topological polar surface area (TPSA) is 83.7 Å². The second kappa shape index (κ2) is 5.23. The van der Waals surface area contributed by atoms with Gasteiger partial charge in [-0.05, 0) is 18.9 Å². The number of hydrogen-bond acceptors (Lipinski definition) is 4. The fraction of sp³-hybridized carbons (Fsp3) is 0.417. The molecule has 9 heteroatoms. The summed E-state index contributed by atoms with van der Waals surface area (Å²) in [5, 5.41) is 20.4. The maximum Gasteiger partial charge on any atom is 0.406 e. The molecule has 0 saturated heterocycles. The normalized spacial score (nSPS) is 14.8. The molecule has 0 heterocycles. The lowest BCUT2D eigenvalue weighted by Gasteiger charge is -2.24. The number of hydrogen-bond donors (Lipinski definition) is 1. The van der Waals surface area contributed by atoms with Crippen molar-refractivity contribution in [3.8, 4) is 5.75 Å². The zero-order valence-corrected chi connectivity index (χ0v) is 10.6. The molecular weight excluding hydrogens is 293 g/mol. The molecule has 1 aromatic rings. The Morgan fingerprint density at radius 2 is 2.05 bits per heavy atom. The molecule has 0 spiro atoms. The molecule has 1 aliphatic carbocycles. The number of phenols is 1. The molecule has 0 aliphatic heterocycles. The Labute approximate surface area is 116 Å². The number of nitro benzene ring substituents is 1. The Kier molecular flexibility index (Phi) is 3.75. The molecule has 0 aromatic heterocycles. The molecule has 1 fully saturated rings. The number of phenolic OH excluding ortho intramolecular Hbond substituents is 1. The van der Waals surface area contributed by atoms with Crippen molar-refractivity contribution in [2.45, 2.75) is 25.1 Å². The first-order chi connectivity index (χ1) is 9.70. The van der Waals surface area contributed by atoms with Crippen molar-refractivity contribution >= 4 is 11.6 Å². The number of nitrogens with zero attached hydrogens (tertiary/aromatic N) is 2. The summed E-state index contributed by atoms with van der Waals surface area (Å²) < 4.78 is 37.5. The van der Waals surface area contributed by atoms with Crippen molar-refractivity contribution in [1.82, 2.24) is 4.90 Å². The van der Waals surface area contributed by atoms with Crippen LogP contribution in [-0.2, 0) is 0 Å². The van der Waals surface area contributed by atoms with Crippen LogP contribution in [0.3, 0.4) is 0 Å². The van der Waals surface area contributed by atoms with Gasteiger partial charge in [0.25, 0.3) is 5.91 Å². The van der Waals surface area contributed by atoms with Crippen LogP contribution in [0.15, 0.2) is 18.2 Å². The molecule has 0 atom stereocenters. The van der Waals surface area contributed by atoms with E-state index in [2.05, 4.69) is 0 Å². The molecule has 1 aliphatic rings. The number of nitro groups is 1. The first kappa shape index (κ1) is 15.1. The molecule has 1 saturated carbocycles. The first-order valence-corrected chi connectivity index (χ1v) is 6.05. The number of para-hydroxylation sites is 1. The van der Waals surface area contributed by atoms with Gasteiger partial charge in [-0.1, -0.05) is 6.07 Å². The van der Waals surface area contributed by atoms with E-state index in [-0.39, 0.29) is 0 Å². The van der Waals surface area contributed by atoms with E-state index >= 15 is 0 Å². The van der Waals surface area contributed by atoms with Crippen molar-refractivity contribution in [2.75, 3.05) is 6.54 Å². The van der Waals surface area contributed by atoms with E-state index in [4.69, 9.17) is 0 Å². The van der Waals surface area contributed by atoms with Crippen LogP contribution < -0.4 is 0 Å². The molecule has 0 unspecified atom stereocenters. The van der Waals surface area contributed by atoms with E-state index in [9.17, 15) is 33.2 Å². The van der Waals surface area contributed by atoms with Crippen LogP contribution in [0.5, 0.6) is 5.75 Å². The van der Waals surface area contributed by atoms with Crippen LogP contribution in [0.1, 0.15) is 23.2 Å². The predicted octanol–water partition coefficient (Wildman–Crippen LogP) is 2.47. The number of carbonyl (C=O) groups excluding carboxylic acids is 1. The Morgan fingerprint density at radius 1 is 1.43 bits per heavy atom. The van der Waals surface area contributed by atoms with Gasteiger partial charge in [0.05, 0.1) is 10.5 Å². The largest absolute Gasteiger partial charge is 0.502 e. The molecule has 21 heavy (non-hydrogen) atoms. The summed E-state index contributed by atoms with van der Waals surface area (Å²) in [7, 11) is 0. The number of carbonyl (C=O) groups is 1. The Hall–Kier alpha value is -2.32. The zero-order valence-electron chi connectivity index (χ0n) is 10.6. The molecule has 6 nitrogen and oxygen atoms in total.